The van der Waals surface area contributed by atoms with E-state index in [2.05, 4.69) is 10.6 Å². The van der Waals surface area contributed by atoms with Gasteiger partial charge in [-0.25, -0.2) is 0 Å². The lowest BCUT2D eigenvalue weighted by Crippen LogP contribution is -2.55. The molecule has 4 fully saturated rings. The van der Waals surface area contributed by atoms with Crippen molar-refractivity contribution in [2.75, 3.05) is 10.6 Å². The van der Waals surface area contributed by atoms with Gasteiger partial charge in [-0.05, 0) is 96.6 Å². The van der Waals surface area contributed by atoms with Crippen molar-refractivity contribution < 1.29 is 19.8 Å². The van der Waals surface area contributed by atoms with Crippen LogP contribution in [0, 0.1) is 11.8 Å². The van der Waals surface area contributed by atoms with Crippen LogP contribution in [-0.4, -0.2) is 22.0 Å². The van der Waals surface area contributed by atoms with Crippen molar-refractivity contribution >= 4 is 23.2 Å². The molecule has 2 aromatic rings. The maximum absolute atomic E-state index is 11.6. The molecule has 0 radical (unpaired) electrons. The van der Waals surface area contributed by atoms with Crippen LogP contribution in [0.3, 0.4) is 0 Å². The molecule has 32 heavy (non-hydrogen) atoms. The van der Waals surface area contributed by atoms with Crippen LogP contribution in [0.5, 0.6) is 11.5 Å². The van der Waals surface area contributed by atoms with Gasteiger partial charge < -0.3 is 20.8 Å². The summed E-state index contributed by atoms with van der Waals surface area (Å²) in [6.07, 6.45) is 6.70. The summed E-state index contributed by atoms with van der Waals surface area (Å²) in [6, 6.07) is 11.3. The van der Waals surface area contributed by atoms with Gasteiger partial charge in [0.25, 0.3) is 0 Å². The van der Waals surface area contributed by atoms with Crippen molar-refractivity contribution in [3.63, 3.8) is 0 Å². The van der Waals surface area contributed by atoms with Crippen LogP contribution in [0.25, 0.3) is 0 Å². The quantitative estimate of drug-likeness (QED) is 0.519. The number of phenols is 2. The lowest BCUT2D eigenvalue weighted by atomic mass is 9.41. The highest BCUT2D eigenvalue weighted by Gasteiger charge is 2.58. The molecule has 0 aliphatic heterocycles. The molecule has 0 atom stereocenters. The van der Waals surface area contributed by atoms with Gasteiger partial charge in [0, 0.05) is 13.8 Å². The highest BCUT2D eigenvalue weighted by atomic mass is 16.3. The first-order chi connectivity index (χ1) is 15.2. The topological polar surface area (TPSA) is 98.7 Å². The van der Waals surface area contributed by atoms with E-state index in [4.69, 9.17) is 0 Å². The minimum absolute atomic E-state index is 0.00292. The second kappa shape index (κ2) is 7.26. The molecule has 4 aliphatic carbocycles. The summed E-state index contributed by atoms with van der Waals surface area (Å²) in [4.78, 5) is 23.2. The van der Waals surface area contributed by atoms with Gasteiger partial charge in [0.1, 0.15) is 11.5 Å². The summed E-state index contributed by atoms with van der Waals surface area (Å²) in [7, 11) is 0. The lowest BCUT2D eigenvalue weighted by Gasteiger charge is -2.63. The molecule has 168 valence electrons. The molecule has 2 aromatic carbocycles. The Hall–Kier alpha value is -3.02. The predicted octanol–water partition coefficient (Wildman–Crippen LogP) is 4.80. The van der Waals surface area contributed by atoms with E-state index in [0.717, 1.165) is 32.1 Å². The van der Waals surface area contributed by atoms with Gasteiger partial charge in [-0.2, -0.15) is 0 Å². The Morgan fingerprint density at radius 1 is 0.781 bits per heavy atom. The Morgan fingerprint density at radius 3 is 1.56 bits per heavy atom. The molecule has 4 bridgehead atoms. The van der Waals surface area contributed by atoms with Crippen LogP contribution in [0.15, 0.2) is 36.4 Å². The molecule has 0 saturated heterocycles. The predicted molar refractivity (Wildman–Crippen MR) is 123 cm³/mol. The molecule has 6 rings (SSSR count). The number of benzene rings is 2. The van der Waals surface area contributed by atoms with Crippen molar-refractivity contribution in [3.8, 4) is 11.5 Å². The van der Waals surface area contributed by atoms with E-state index in [9.17, 15) is 19.8 Å². The Kier molecular flexibility index (Phi) is 4.73. The number of hydrogen-bond acceptors (Lipinski definition) is 4. The number of carbonyl (C=O) groups is 2. The molecule has 0 heterocycles. The van der Waals surface area contributed by atoms with Crippen molar-refractivity contribution in [1.29, 1.82) is 0 Å². The first kappa shape index (κ1) is 20.9. The van der Waals surface area contributed by atoms with Crippen molar-refractivity contribution in [2.45, 2.75) is 63.2 Å². The average molecular weight is 435 g/mol. The zero-order chi connectivity index (χ0) is 22.7. The summed E-state index contributed by atoms with van der Waals surface area (Å²) in [5, 5.41) is 26.0. The van der Waals surface area contributed by atoms with Crippen LogP contribution in [0.2, 0.25) is 0 Å². The number of anilines is 2. The van der Waals surface area contributed by atoms with Crippen molar-refractivity contribution in [1.82, 2.24) is 0 Å². The second-order valence-corrected chi connectivity index (χ2v) is 10.3. The number of amides is 2. The fourth-order valence-electron chi connectivity index (χ4n) is 7.25. The monoisotopic (exact) mass is 434 g/mol. The number of phenolic OH excluding ortho intramolecular Hbond substituents is 2. The van der Waals surface area contributed by atoms with Crippen LogP contribution in [0.4, 0.5) is 11.4 Å². The van der Waals surface area contributed by atoms with Gasteiger partial charge in [-0.3, -0.25) is 9.59 Å². The van der Waals surface area contributed by atoms with E-state index < -0.39 is 0 Å². The highest BCUT2D eigenvalue weighted by molar-refractivity contribution is 5.91. The largest absolute Gasteiger partial charge is 0.506 e. The molecule has 0 aromatic heterocycles. The lowest BCUT2D eigenvalue weighted by molar-refractivity contribution is -0.115. The Balaban J connectivity index is 1.56. The summed E-state index contributed by atoms with van der Waals surface area (Å²) < 4.78 is 0. The average Bonchev–Trinajstić information content (AvgIpc) is 2.69. The first-order valence-corrected chi connectivity index (χ1v) is 11.4. The molecule has 4 aliphatic rings. The third-order valence-electron chi connectivity index (χ3n) is 7.90. The van der Waals surface area contributed by atoms with Gasteiger partial charge in [-0.15, -0.1) is 0 Å². The number of rotatable bonds is 4. The van der Waals surface area contributed by atoms with E-state index in [-0.39, 0.29) is 34.1 Å². The first-order valence-electron chi connectivity index (χ1n) is 11.4. The highest BCUT2D eigenvalue weighted by Crippen LogP contribution is 2.66. The number of carbonyl (C=O) groups excluding carboxylic acids is 2. The van der Waals surface area contributed by atoms with E-state index in [1.165, 1.54) is 31.4 Å². The summed E-state index contributed by atoms with van der Waals surface area (Å²) in [5.41, 5.74) is 3.29. The van der Waals surface area contributed by atoms with Crippen LogP contribution >= 0.6 is 0 Å². The smallest absolute Gasteiger partial charge is 0.221 e. The Labute approximate surface area is 188 Å². The van der Waals surface area contributed by atoms with Gasteiger partial charge in [0.05, 0.1) is 11.4 Å². The summed E-state index contributed by atoms with van der Waals surface area (Å²) >= 11 is 0. The third kappa shape index (κ3) is 3.42. The zero-order valence-corrected chi connectivity index (χ0v) is 18.6. The number of hydrogen-bond donors (Lipinski definition) is 4. The molecule has 0 unspecified atom stereocenters. The SMILES string of the molecule is CC(=O)Nc1cc(C23CC4CC(C2)CC(c2ccc(O)c(NC(C)=O)c2)(C4)C3)ccc1O. The van der Waals surface area contributed by atoms with Gasteiger partial charge in [0.2, 0.25) is 11.8 Å². The van der Waals surface area contributed by atoms with E-state index in [1.807, 2.05) is 24.3 Å². The molecule has 6 nitrogen and oxygen atoms in total. The normalized spacial score (nSPS) is 30.2. The zero-order valence-electron chi connectivity index (χ0n) is 18.6. The standard InChI is InChI=1S/C26H30N2O4/c1-15(29)27-21-8-19(3-5-23(21)31)25-10-17-7-18(11-25)13-26(12-17,14-25)20-4-6-24(32)22(9-20)28-16(2)30/h3-6,8-9,17-18,31-32H,7,10-14H2,1-2H3,(H,27,29)(H,28,30). The Bertz CT molecular complexity index is 1010. The second-order valence-electron chi connectivity index (χ2n) is 10.3. The fraction of sp³-hybridized carbons (Fsp3) is 0.462. The van der Waals surface area contributed by atoms with Crippen LogP contribution < -0.4 is 10.6 Å². The van der Waals surface area contributed by atoms with Crippen LogP contribution in [-0.2, 0) is 20.4 Å². The molecule has 4 saturated carbocycles. The summed E-state index contributed by atoms with van der Waals surface area (Å²) in [5.74, 6) is 1.01. The maximum atomic E-state index is 11.6. The molecular formula is C26H30N2O4. The van der Waals surface area contributed by atoms with E-state index >= 15 is 0 Å². The summed E-state index contributed by atoms with van der Waals surface area (Å²) in [6.45, 7) is 2.90. The third-order valence-corrected chi connectivity index (χ3v) is 7.90. The van der Waals surface area contributed by atoms with Crippen LogP contribution in [0.1, 0.15) is 63.5 Å². The van der Waals surface area contributed by atoms with Gasteiger partial charge in [0.15, 0.2) is 0 Å². The van der Waals surface area contributed by atoms with Gasteiger partial charge >= 0.3 is 0 Å². The molecule has 4 N–H and O–H groups in total. The minimum atomic E-state index is -0.200. The number of aromatic hydroxyl groups is 2. The van der Waals surface area contributed by atoms with Gasteiger partial charge in [-0.1, -0.05) is 12.1 Å². The van der Waals surface area contributed by atoms with Crippen molar-refractivity contribution in [2.24, 2.45) is 11.8 Å². The van der Waals surface area contributed by atoms with E-state index in [0.29, 0.717) is 23.2 Å². The minimum Gasteiger partial charge on any atom is -0.506 e. The van der Waals surface area contributed by atoms with E-state index in [1.54, 1.807) is 12.1 Å². The molecule has 0 spiro atoms. The number of nitrogens with one attached hydrogen (secondary N) is 2. The maximum Gasteiger partial charge on any atom is 0.221 e. The molecule has 6 heteroatoms. The fourth-order valence-corrected chi connectivity index (χ4v) is 7.25. The Morgan fingerprint density at radius 2 is 1.19 bits per heavy atom. The molecule has 2 amide bonds. The molecular weight excluding hydrogens is 404 g/mol. The van der Waals surface area contributed by atoms with Crippen molar-refractivity contribution in [3.05, 3.63) is 47.5 Å².